The van der Waals surface area contributed by atoms with Crippen LogP contribution < -0.4 is 15.5 Å². The van der Waals surface area contributed by atoms with Crippen molar-refractivity contribution in [1.29, 1.82) is 0 Å². The van der Waals surface area contributed by atoms with Crippen LogP contribution in [0.3, 0.4) is 0 Å². The molecule has 3 aromatic rings. The highest BCUT2D eigenvalue weighted by molar-refractivity contribution is 7.85. The summed E-state index contributed by atoms with van der Waals surface area (Å²) in [4.78, 5) is 16.5. The Labute approximate surface area is 377 Å². The lowest BCUT2D eigenvalue weighted by molar-refractivity contribution is -0.438. The van der Waals surface area contributed by atoms with Crippen LogP contribution in [0.1, 0.15) is 143 Å². The summed E-state index contributed by atoms with van der Waals surface area (Å²) in [7, 11) is -4.35. The molecule has 1 amide bonds. The van der Waals surface area contributed by atoms with Crippen LogP contribution in [0.5, 0.6) is 0 Å². The number of carbonyl (C=O) groups is 1. The molecule has 2 aliphatic heterocycles. The van der Waals surface area contributed by atoms with E-state index in [9.17, 15) is 17.8 Å². The van der Waals surface area contributed by atoms with E-state index in [0.717, 1.165) is 121 Å². The van der Waals surface area contributed by atoms with Crippen LogP contribution in [-0.2, 0) is 25.7 Å². The quantitative estimate of drug-likeness (QED) is 0.0665. The Morgan fingerprint density at radius 1 is 0.871 bits per heavy atom. The maximum atomic E-state index is 12.0. The number of primary amides is 1. The van der Waals surface area contributed by atoms with Gasteiger partial charge in [-0.1, -0.05) is 83.7 Å². The minimum atomic E-state index is -4.35. The van der Waals surface area contributed by atoms with Gasteiger partial charge >= 0.3 is 0 Å². The van der Waals surface area contributed by atoms with E-state index >= 15 is 0 Å². The van der Waals surface area contributed by atoms with Crippen LogP contribution in [0.4, 0.5) is 17.1 Å². The molecule has 3 aromatic carbocycles. The van der Waals surface area contributed by atoms with Crippen LogP contribution in [0.2, 0.25) is 0 Å². The van der Waals surface area contributed by atoms with Gasteiger partial charge in [0.2, 0.25) is 11.6 Å². The first-order valence-corrected chi connectivity index (χ1v) is 25.0. The van der Waals surface area contributed by atoms with Crippen LogP contribution in [0.15, 0.2) is 99.6 Å². The zero-order valence-corrected chi connectivity index (χ0v) is 39.9. The van der Waals surface area contributed by atoms with Crippen molar-refractivity contribution in [2.75, 3.05) is 36.0 Å². The van der Waals surface area contributed by atoms with Crippen molar-refractivity contribution < 1.29 is 22.3 Å². The van der Waals surface area contributed by atoms with Gasteiger partial charge < -0.3 is 15.5 Å². The standard InChI is InChI=1S/C52H69ClN4O4S/c1-8-11-31-55(32-12-9-2)40-24-28-44-43(36-40)51(4,5)46(56(44)33-13-10-3)29-22-37-18-17-19-38(50(37)53)23-30-47-52(6,7)49-42-26-25-41(62(59,60)61)35-39(42)21-27-45(49)57(47)34-16-14-15-20-48(54)58/h21-30,35-36H,8-20,31-34H2,1-7H3,(H2-,54,58,59,60,61)/p+1. The normalized spacial score (nSPS) is 18.5. The first-order valence-electron chi connectivity index (χ1n) is 23.2. The zero-order valence-electron chi connectivity index (χ0n) is 38.3. The molecule has 0 fully saturated rings. The molecule has 0 spiro atoms. The maximum Gasteiger partial charge on any atom is 0.294 e. The fourth-order valence-corrected chi connectivity index (χ4v) is 10.6. The van der Waals surface area contributed by atoms with Gasteiger partial charge in [-0.3, -0.25) is 9.35 Å². The second kappa shape index (κ2) is 20.1. The Hall–Kier alpha value is -4.18. The van der Waals surface area contributed by atoms with E-state index in [4.69, 9.17) is 17.3 Å². The molecule has 1 aliphatic carbocycles. The molecule has 62 heavy (non-hydrogen) atoms. The van der Waals surface area contributed by atoms with Gasteiger partial charge in [0.1, 0.15) is 6.54 Å². The fraction of sp³-hybridized carbons (Fsp3) is 0.500. The van der Waals surface area contributed by atoms with E-state index in [1.54, 1.807) is 6.07 Å². The molecule has 3 aliphatic rings. The number of hydrogen-bond acceptors (Lipinski definition) is 5. The third-order valence-electron chi connectivity index (χ3n) is 13.3. The SMILES string of the molecule is CCCCN(CCCC)c1ccc2c(c1)C(C)(C)C(=CC=C1CCCC(C=CC3=[N+](CCCCCC(N)=O)c4ccc5cc(S(=O)(=O)O)ccc5c4C3(C)C)=C1Cl)N2CCCC. The van der Waals surface area contributed by atoms with E-state index in [0.29, 0.717) is 6.42 Å². The van der Waals surface area contributed by atoms with Gasteiger partial charge in [-0.05, 0) is 135 Å². The number of fused-ring (bicyclic) bond motifs is 4. The molecule has 0 aromatic heterocycles. The smallest absolute Gasteiger partial charge is 0.294 e. The number of anilines is 2. The Morgan fingerprint density at radius 3 is 2.27 bits per heavy atom. The topological polar surface area (TPSA) is 107 Å². The number of unbranched alkanes of at least 4 members (excludes halogenated alkanes) is 5. The number of carbonyl (C=O) groups excluding carboxylic acids is 1. The van der Waals surface area contributed by atoms with Crippen LogP contribution in [0.25, 0.3) is 10.8 Å². The molecular formula is C52H70ClN4O4S+. The largest absolute Gasteiger partial charge is 0.372 e. The summed E-state index contributed by atoms with van der Waals surface area (Å²) in [5.74, 6) is -0.280. The number of allylic oxidation sites excluding steroid dienone is 8. The van der Waals surface area contributed by atoms with Crippen molar-refractivity contribution in [3.8, 4) is 0 Å². The van der Waals surface area contributed by atoms with Gasteiger partial charge in [0.25, 0.3) is 10.1 Å². The maximum absolute atomic E-state index is 12.0. The van der Waals surface area contributed by atoms with Crippen molar-refractivity contribution in [1.82, 2.24) is 0 Å². The minimum Gasteiger partial charge on any atom is -0.372 e. The van der Waals surface area contributed by atoms with E-state index in [1.807, 2.05) is 12.1 Å². The lowest BCUT2D eigenvalue weighted by Crippen LogP contribution is -2.28. The summed E-state index contributed by atoms with van der Waals surface area (Å²) >= 11 is 7.39. The second-order valence-corrected chi connectivity index (χ2v) is 20.4. The van der Waals surface area contributed by atoms with Crippen LogP contribution in [0, 0.1) is 0 Å². The minimum absolute atomic E-state index is 0.120. The van der Waals surface area contributed by atoms with Crippen molar-refractivity contribution in [2.45, 2.75) is 148 Å². The molecule has 334 valence electrons. The summed E-state index contributed by atoms with van der Waals surface area (Å²) in [5.41, 5.74) is 15.8. The van der Waals surface area contributed by atoms with Gasteiger partial charge in [0, 0.05) is 77.7 Å². The molecule has 0 bridgehead atoms. The van der Waals surface area contributed by atoms with Crippen molar-refractivity contribution in [3.63, 3.8) is 0 Å². The average molecular weight is 883 g/mol. The number of rotatable bonds is 20. The molecule has 0 saturated heterocycles. The zero-order chi connectivity index (χ0) is 44.8. The first kappa shape index (κ1) is 47.3. The highest BCUT2D eigenvalue weighted by atomic mass is 35.5. The van der Waals surface area contributed by atoms with Crippen LogP contribution >= 0.6 is 11.6 Å². The fourth-order valence-electron chi connectivity index (χ4n) is 9.77. The summed E-state index contributed by atoms with van der Waals surface area (Å²) in [5, 5.41) is 2.52. The Kier molecular flexibility index (Phi) is 15.3. The van der Waals surface area contributed by atoms with E-state index < -0.39 is 15.5 Å². The summed E-state index contributed by atoms with van der Waals surface area (Å²) in [6, 6.07) is 16.0. The Balaban J connectivity index is 1.35. The van der Waals surface area contributed by atoms with Crippen molar-refractivity contribution in [3.05, 3.63) is 106 Å². The third kappa shape index (κ3) is 10.1. The average Bonchev–Trinajstić information content (AvgIpc) is 3.58. The molecule has 0 unspecified atom stereocenters. The van der Waals surface area contributed by atoms with Crippen molar-refractivity contribution >= 4 is 61.2 Å². The van der Waals surface area contributed by atoms with Gasteiger partial charge in [0.15, 0.2) is 5.71 Å². The monoisotopic (exact) mass is 881 g/mol. The molecular weight excluding hydrogens is 812 g/mol. The van der Waals surface area contributed by atoms with E-state index in [-0.39, 0.29) is 16.2 Å². The summed E-state index contributed by atoms with van der Waals surface area (Å²) < 4.78 is 36.2. The predicted molar refractivity (Wildman–Crippen MR) is 260 cm³/mol. The van der Waals surface area contributed by atoms with Gasteiger partial charge in [-0.25, -0.2) is 0 Å². The van der Waals surface area contributed by atoms with Crippen LogP contribution in [-0.4, -0.2) is 55.3 Å². The Morgan fingerprint density at radius 2 is 1.60 bits per heavy atom. The summed E-state index contributed by atoms with van der Waals surface area (Å²) in [6.45, 7) is 19.9. The predicted octanol–water partition coefficient (Wildman–Crippen LogP) is 12.6. The number of amides is 1. The lowest BCUT2D eigenvalue weighted by Gasteiger charge is -2.27. The lowest BCUT2D eigenvalue weighted by atomic mass is 9.78. The number of benzene rings is 3. The van der Waals surface area contributed by atoms with Gasteiger partial charge in [-0.15, -0.1) is 0 Å². The molecule has 8 nitrogen and oxygen atoms in total. The third-order valence-corrected chi connectivity index (χ3v) is 14.6. The molecule has 10 heteroatoms. The molecule has 6 rings (SSSR count). The number of halogens is 1. The number of nitrogens with two attached hydrogens (primary N) is 1. The van der Waals surface area contributed by atoms with Gasteiger partial charge in [0.05, 0.1) is 10.3 Å². The number of nitrogens with zero attached hydrogens (tertiary/aromatic N) is 3. The highest BCUT2D eigenvalue weighted by Crippen LogP contribution is 2.50. The molecule has 0 saturated carbocycles. The molecule has 0 atom stereocenters. The molecule has 2 heterocycles. The molecule has 3 N–H and O–H groups in total. The van der Waals surface area contributed by atoms with E-state index in [2.05, 4.69) is 111 Å². The van der Waals surface area contributed by atoms with Crippen molar-refractivity contribution in [2.24, 2.45) is 5.73 Å². The highest BCUT2D eigenvalue weighted by Gasteiger charge is 2.46. The second-order valence-electron chi connectivity index (χ2n) is 18.6. The Bertz CT molecular complexity index is 2420. The number of hydrogen-bond donors (Lipinski definition) is 2. The summed E-state index contributed by atoms with van der Waals surface area (Å²) in [6.07, 6.45) is 21.7. The molecule has 0 radical (unpaired) electrons. The first-order chi connectivity index (χ1) is 29.5. The van der Waals surface area contributed by atoms with Gasteiger partial charge in [-0.2, -0.15) is 13.0 Å². The van der Waals surface area contributed by atoms with E-state index in [1.165, 1.54) is 54.4 Å².